The van der Waals surface area contributed by atoms with Crippen molar-refractivity contribution in [2.45, 2.75) is 13.5 Å². The molecule has 0 bridgehead atoms. The number of rotatable bonds is 5. The number of fused-ring (bicyclic) bond motifs is 1. The van der Waals surface area contributed by atoms with Crippen molar-refractivity contribution in [1.29, 1.82) is 0 Å². The molecule has 0 aliphatic heterocycles. The lowest BCUT2D eigenvalue weighted by atomic mass is 10.1. The highest BCUT2D eigenvalue weighted by atomic mass is 16.5. The fourth-order valence-electron chi connectivity index (χ4n) is 2.53. The molecule has 3 aromatic rings. The number of benzene rings is 2. The number of methoxy groups -OCH3 is 1. The van der Waals surface area contributed by atoms with E-state index in [1.54, 1.807) is 50.4 Å². The maximum absolute atomic E-state index is 12.5. The molecule has 1 aromatic heterocycles. The Bertz CT molecular complexity index is 1020. The Balaban J connectivity index is 1.86. The molecule has 1 heterocycles. The van der Waals surface area contributed by atoms with E-state index >= 15 is 0 Å². The minimum absolute atomic E-state index is 0.161. The molecular weight excluding hydrogens is 332 g/mol. The molecule has 0 saturated carbocycles. The van der Waals surface area contributed by atoms with Gasteiger partial charge in [0.2, 0.25) is 0 Å². The molecule has 0 aliphatic carbocycles. The lowest BCUT2D eigenvalue weighted by Gasteiger charge is -2.08. The lowest BCUT2D eigenvalue weighted by molar-refractivity contribution is 0.0949. The van der Waals surface area contributed by atoms with E-state index in [0.717, 1.165) is 11.3 Å². The maximum Gasteiger partial charge on any atom is 0.292 e. The third kappa shape index (κ3) is 3.46. The predicted molar refractivity (Wildman–Crippen MR) is 99.7 cm³/mol. The number of nitrogens with one attached hydrogen (secondary N) is 1. The fourth-order valence-corrected chi connectivity index (χ4v) is 2.53. The van der Waals surface area contributed by atoms with Gasteiger partial charge in [0, 0.05) is 11.9 Å². The standard InChI is InChI=1S/C19H18N4O3/c1-3-23-19(25)16-7-5-4-6-15(16)17(22-23)18(24)21-20-12-13-8-10-14(26-2)11-9-13/h4-12H,3H2,1-2H3,(H,21,24)/b20-12-. The second-order valence-electron chi connectivity index (χ2n) is 5.49. The van der Waals surface area contributed by atoms with E-state index in [4.69, 9.17) is 4.74 Å². The summed E-state index contributed by atoms with van der Waals surface area (Å²) in [5.74, 6) is 0.261. The molecule has 0 fully saturated rings. The summed E-state index contributed by atoms with van der Waals surface area (Å²) >= 11 is 0. The Morgan fingerprint density at radius 3 is 2.54 bits per heavy atom. The van der Waals surface area contributed by atoms with E-state index in [2.05, 4.69) is 15.6 Å². The van der Waals surface area contributed by atoms with E-state index in [-0.39, 0.29) is 11.3 Å². The Morgan fingerprint density at radius 1 is 1.19 bits per heavy atom. The Labute approximate surface area is 149 Å². The summed E-state index contributed by atoms with van der Waals surface area (Å²) in [6, 6.07) is 14.1. The number of amides is 1. The first kappa shape index (κ1) is 17.3. The highest BCUT2D eigenvalue weighted by Gasteiger charge is 2.15. The van der Waals surface area contributed by atoms with E-state index in [9.17, 15) is 9.59 Å². The molecule has 0 saturated heterocycles. The van der Waals surface area contributed by atoms with Gasteiger partial charge in [-0.2, -0.15) is 10.2 Å². The van der Waals surface area contributed by atoms with Crippen molar-refractivity contribution in [1.82, 2.24) is 15.2 Å². The molecule has 7 heteroatoms. The van der Waals surface area contributed by atoms with Crippen LogP contribution in [0, 0.1) is 0 Å². The molecule has 26 heavy (non-hydrogen) atoms. The van der Waals surface area contributed by atoms with Gasteiger partial charge < -0.3 is 4.74 Å². The van der Waals surface area contributed by atoms with E-state index in [0.29, 0.717) is 17.3 Å². The van der Waals surface area contributed by atoms with Crippen LogP contribution in [0.5, 0.6) is 5.75 Å². The molecule has 132 valence electrons. The first-order valence-corrected chi connectivity index (χ1v) is 8.11. The number of hydrogen-bond donors (Lipinski definition) is 1. The number of aromatic nitrogens is 2. The minimum atomic E-state index is -0.479. The predicted octanol–water partition coefficient (Wildman–Crippen LogP) is 2.19. The normalized spacial score (nSPS) is 11.0. The van der Waals surface area contributed by atoms with Crippen molar-refractivity contribution in [3.8, 4) is 5.75 Å². The molecule has 0 unspecified atom stereocenters. The average Bonchev–Trinajstić information content (AvgIpc) is 2.69. The van der Waals surface area contributed by atoms with Crippen molar-refractivity contribution in [3.63, 3.8) is 0 Å². The number of aryl methyl sites for hydroxylation is 1. The molecule has 3 rings (SSSR count). The topological polar surface area (TPSA) is 85.6 Å². The van der Waals surface area contributed by atoms with Gasteiger partial charge in [-0.25, -0.2) is 10.1 Å². The van der Waals surface area contributed by atoms with Crippen LogP contribution in [0.4, 0.5) is 0 Å². The Kier molecular flexibility index (Phi) is 5.07. The van der Waals surface area contributed by atoms with E-state index in [1.807, 2.05) is 12.1 Å². The first-order chi connectivity index (χ1) is 12.6. The molecule has 0 atom stereocenters. The first-order valence-electron chi connectivity index (χ1n) is 8.11. The number of hydrogen-bond acceptors (Lipinski definition) is 5. The average molecular weight is 350 g/mol. The minimum Gasteiger partial charge on any atom is -0.497 e. The molecule has 0 spiro atoms. The summed E-state index contributed by atoms with van der Waals surface area (Å²) in [4.78, 5) is 24.8. The summed E-state index contributed by atoms with van der Waals surface area (Å²) in [6.45, 7) is 2.17. The number of carbonyl (C=O) groups is 1. The zero-order chi connectivity index (χ0) is 18.5. The van der Waals surface area contributed by atoms with Crippen LogP contribution >= 0.6 is 0 Å². The number of hydrazone groups is 1. The molecule has 7 nitrogen and oxygen atoms in total. The number of ether oxygens (including phenoxy) is 1. The van der Waals surface area contributed by atoms with E-state index in [1.165, 1.54) is 10.9 Å². The van der Waals surface area contributed by atoms with Crippen LogP contribution in [0.25, 0.3) is 10.8 Å². The smallest absolute Gasteiger partial charge is 0.292 e. The van der Waals surface area contributed by atoms with Crippen molar-refractivity contribution >= 4 is 22.9 Å². The van der Waals surface area contributed by atoms with E-state index < -0.39 is 5.91 Å². The van der Waals surface area contributed by atoms with Crippen molar-refractivity contribution < 1.29 is 9.53 Å². The molecule has 1 amide bonds. The van der Waals surface area contributed by atoms with Gasteiger partial charge in [0.25, 0.3) is 11.5 Å². The third-order valence-electron chi connectivity index (χ3n) is 3.88. The Hall–Kier alpha value is -3.48. The SMILES string of the molecule is CCn1nc(C(=O)N/N=C\c2ccc(OC)cc2)c2ccccc2c1=O. The summed E-state index contributed by atoms with van der Waals surface area (Å²) < 4.78 is 6.36. The van der Waals surface area contributed by atoms with Crippen LogP contribution < -0.4 is 15.7 Å². The fraction of sp³-hybridized carbons (Fsp3) is 0.158. The highest BCUT2D eigenvalue weighted by molar-refractivity contribution is 6.04. The molecule has 0 aliphatic rings. The lowest BCUT2D eigenvalue weighted by Crippen LogP contribution is -2.28. The van der Waals surface area contributed by atoms with Gasteiger partial charge in [0.15, 0.2) is 5.69 Å². The number of nitrogens with zero attached hydrogens (tertiary/aromatic N) is 3. The van der Waals surface area contributed by atoms with Gasteiger partial charge in [-0.1, -0.05) is 18.2 Å². The van der Waals surface area contributed by atoms with Gasteiger partial charge in [-0.15, -0.1) is 0 Å². The van der Waals surface area contributed by atoms with Crippen molar-refractivity contribution in [3.05, 3.63) is 70.1 Å². The van der Waals surface area contributed by atoms with Crippen LogP contribution in [0.1, 0.15) is 23.0 Å². The van der Waals surface area contributed by atoms with Gasteiger partial charge >= 0.3 is 0 Å². The molecule has 1 N–H and O–H groups in total. The third-order valence-corrected chi connectivity index (χ3v) is 3.88. The zero-order valence-electron chi connectivity index (χ0n) is 14.5. The summed E-state index contributed by atoms with van der Waals surface area (Å²) in [6.07, 6.45) is 1.52. The van der Waals surface area contributed by atoms with Crippen LogP contribution in [0.3, 0.4) is 0 Å². The quantitative estimate of drug-likeness (QED) is 0.564. The monoisotopic (exact) mass is 350 g/mol. The van der Waals surface area contributed by atoms with Crippen molar-refractivity contribution in [2.24, 2.45) is 5.10 Å². The van der Waals surface area contributed by atoms with Crippen LogP contribution in [0.2, 0.25) is 0 Å². The van der Waals surface area contributed by atoms with Crippen LogP contribution in [0.15, 0.2) is 58.4 Å². The van der Waals surface area contributed by atoms with Gasteiger partial charge in [-0.05, 0) is 42.8 Å². The van der Waals surface area contributed by atoms with Gasteiger partial charge in [0.05, 0.1) is 18.7 Å². The highest BCUT2D eigenvalue weighted by Crippen LogP contribution is 2.13. The molecule has 0 radical (unpaired) electrons. The van der Waals surface area contributed by atoms with Crippen LogP contribution in [-0.2, 0) is 6.54 Å². The zero-order valence-corrected chi connectivity index (χ0v) is 14.5. The van der Waals surface area contributed by atoms with Crippen molar-refractivity contribution in [2.75, 3.05) is 7.11 Å². The van der Waals surface area contributed by atoms with Crippen LogP contribution in [-0.4, -0.2) is 29.0 Å². The summed E-state index contributed by atoms with van der Waals surface area (Å²) in [5, 5.41) is 9.09. The maximum atomic E-state index is 12.5. The second kappa shape index (κ2) is 7.60. The number of carbonyl (C=O) groups excluding carboxylic acids is 1. The summed E-state index contributed by atoms with van der Waals surface area (Å²) in [7, 11) is 1.59. The largest absolute Gasteiger partial charge is 0.497 e. The van der Waals surface area contributed by atoms with Gasteiger partial charge in [-0.3, -0.25) is 9.59 Å². The molecular formula is C19H18N4O3. The van der Waals surface area contributed by atoms with Gasteiger partial charge in [0.1, 0.15) is 5.75 Å². The molecule has 2 aromatic carbocycles. The second-order valence-corrected chi connectivity index (χ2v) is 5.49. The Morgan fingerprint density at radius 2 is 1.88 bits per heavy atom. The summed E-state index contributed by atoms with van der Waals surface area (Å²) in [5.41, 5.74) is 3.21.